The molecule has 0 N–H and O–H groups in total. The Labute approximate surface area is 132 Å². The van der Waals surface area contributed by atoms with Crippen LogP contribution in [0.5, 0.6) is 11.8 Å². The first-order valence-electron chi connectivity index (χ1n) is 6.67. The summed E-state index contributed by atoms with van der Waals surface area (Å²) in [4.78, 5) is 0. The lowest BCUT2D eigenvalue weighted by molar-refractivity contribution is 0.203. The maximum atomic E-state index is 12.4. The molecular formula is C13H15N3O4S2. The summed E-state index contributed by atoms with van der Waals surface area (Å²) in [5, 5.41) is 9.46. The predicted octanol–water partition coefficient (Wildman–Crippen LogP) is 1.39. The van der Waals surface area contributed by atoms with Crippen LogP contribution in [0.4, 0.5) is 0 Å². The van der Waals surface area contributed by atoms with Crippen LogP contribution in [0.15, 0.2) is 33.9 Å². The van der Waals surface area contributed by atoms with Crippen molar-refractivity contribution in [3.05, 3.63) is 29.6 Å². The third kappa shape index (κ3) is 3.06. The summed E-state index contributed by atoms with van der Waals surface area (Å²) in [5.41, 5.74) is 0. The van der Waals surface area contributed by atoms with Crippen LogP contribution in [0.2, 0.25) is 0 Å². The Morgan fingerprint density at radius 1 is 1.27 bits per heavy atom. The molecular weight excluding hydrogens is 326 g/mol. The molecule has 0 aromatic carbocycles. The fraction of sp³-hybridized carbons (Fsp3) is 0.385. The van der Waals surface area contributed by atoms with Crippen LogP contribution in [0.1, 0.15) is 6.42 Å². The zero-order valence-corrected chi connectivity index (χ0v) is 13.5. The van der Waals surface area contributed by atoms with E-state index in [-0.39, 0.29) is 6.10 Å². The zero-order valence-electron chi connectivity index (χ0n) is 11.9. The maximum Gasteiger partial charge on any atom is 0.252 e. The molecule has 118 valence electrons. The van der Waals surface area contributed by atoms with Crippen molar-refractivity contribution in [2.75, 3.05) is 20.2 Å². The van der Waals surface area contributed by atoms with Crippen molar-refractivity contribution in [3.8, 4) is 11.8 Å². The summed E-state index contributed by atoms with van der Waals surface area (Å²) >= 11 is 1.22. The van der Waals surface area contributed by atoms with Gasteiger partial charge in [-0.25, -0.2) is 8.42 Å². The second kappa shape index (κ2) is 6.19. The molecule has 0 bridgehead atoms. The van der Waals surface area contributed by atoms with E-state index in [1.54, 1.807) is 29.6 Å². The molecule has 2 aromatic heterocycles. The molecule has 1 aliphatic rings. The van der Waals surface area contributed by atoms with Gasteiger partial charge in [0, 0.05) is 18.7 Å². The number of sulfonamides is 1. The highest BCUT2D eigenvalue weighted by atomic mass is 32.2. The highest BCUT2D eigenvalue weighted by Gasteiger charge is 2.34. The highest BCUT2D eigenvalue weighted by molar-refractivity contribution is 7.91. The van der Waals surface area contributed by atoms with E-state index in [4.69, 9.17) is 9.47 Å². The van der Waals surface area contributed by atoms with Gasteiger partial charge in [-0.3, -0.25) is 0 Å². The fourth-order valence-electron chi connectivity index (χ4n) is 2.20. The van der Waals surface area contributed by atoms with E-state index in [2.05, 4.69) is 10.2 Å². The third-order valence-electron chi connectivity index (χ3n) is 3.31. The minimum absolute atomic E-state index is 0.225. The van der Waals surface area contributed by atoms with Gasteiger partial charge >= 0.3 is 0 Å². The molecule has 1 saturated heterocycles. The van der Waals surface area contributed by atoms with E-state index in [1.165, 1.54) is 22.8 Å². The van der Waals surface area contributed by atoms with Crippen LogP contribution in [0.25, 0.3) is 0 Å². The molecule has 0 saturated carbocycles. The van der Waals surface area contributed by atoms with Crippen LogP contribution < -0.4 is 9.47 Å². The Morgan fingerprint density at radius 2 is 2.05 bits per heavy atom. The Hall–Kier alpha value is -1.71. The molecule has 7 nitrogen and oxygen atoms in total. The van der Waals surface area contributed by atoms with Crippen molar-refractivity contribution in [3.63, 3.8) is 0 Å². The molecule has 3 rings (SSSR count). The number of aromatic nitrogens is 2. The minimum Gasteiger partial charge on any atom is -0.480 e. The third-order valence-corrected chi connectivity index (χ3v) is 6.55. The van der Waals surface area contributed by atoms with Gasteiger partial charge in [0.1, 0.15) is 10.3 Å². The Bertz CT molecular complexity index is 716. The van der Waals surface area contributed by atoms with Gasteiger partial charge < -0.3 is 9.47 Å². The molecule has 3 heterocycles. The summed E-state index contributed by atoms with van der Waals surface area (Å²) in [6, 6.07) is 6.65. The molecule has 1 atom stereocenters. The van der Waals surface area contributed by atoms with Crippen LogP contribution in [-0.2, 0) is 10.0 Å². The standard InChI is InChI=1S/C13H15N3O4S2/c1-19-11-4-5-12(15-14-11)20-10-6-7-16(9-10)22(17,18)13-3-2-8-21-13/h2-5,8,10H,6-7,9H2,1H3. The second-order valence-corrected chi connectivity index (χ2v) is 7.85. The fourth-order valence-corrected chi connectivity index (χ4v) is 4.83. The maximum absolute atomic E-state index is 12.4. The van der Waals surface area contributed by atoms with Crippen molar-refractivity contribution in [1.29, 1.82) is 0 Å². The molecule has 9 heteroatoms. The number of nitrogens with zero attached hydrogens (tertiary/aromatic N) is 3. The van der Waals surface area contributed by atoms with Crippen LogP contribution in [0.3, 0.4) is 0 Å². The smallest absolute Gasteiger partial charge is 0.252 e. The summed E-state index contributed by atoms with van der Waals surface area (Å²) in [7, 11) is -1.91. The lowest BCUT2D eigenvalue weighted by atomic mass is 10.3. The van der Waals surface area contributed by atoms with Gasteiger partial charge in [-0.05, 0) is 17.9 Å². The summed E-state index contributed by atoms with van der Waals surface area (Å²) in [6.45, 7) is 0.752. The van der Waals surface area contributed by atoms with Crippen molar-refractivity contribution in [2.24, 2.45) is 0 Å². The average molecular weight is 341 g/mol. The van der Waals surface area contributed by atoms with Crippen molar-refractivity contribution >= 4 is 21.4 Å². The second-order valence-electron chi connectivity index (χ2n) is 4.74. The van der Waals surface area contributed by atoms with Crippen molar-refractivity contribution in [2.45, 2.75) is 16.7 Å². The highest BCUT2D eigenvalue weighted by Crippen LogP contribution is 2.26. The Morgan fingerprint density at radius 3 is 2.68 bits per heavy atom. The Kier molecular flexibility index (Phi) is 4.27. The van der Waals surface area contributed by atoms with Gasteiger partial charge in [0.25, 0.3) is 10.0 Å². The number of hydrogen-bond acceptors (Lipinski definition) is 7. The number of rotatable bonds is 5. The van der Waals surface area contributed by atoms with E-state index in [0.29, 0.717) is 35.5 Å². The monoisotopic (exact) mass is 341 g/mol. The summed E-state index contributed by atoms with van der Waals surface area (Å²) in [6.07, 6.45) is 0.399. The van der Waals surface area contributed by atoms with Gasteiger partial charge in [0.2, 0.25) is 11.8 Å². The number of hydrogen-bond donors (Lipinski definition) is 0. The molecule has 2 aromatic rings. The number of ether oxygens (including phenoxy) is 2. The minimum atomic E-state index is -3.42. The zero-order chi connectivity index (χ0) is 15.6. The molecule has 0 radical (unpaired) electrons. The summed E-state index contributed by atoms with van der Waals surface area (Å²) in [5.74, 6) is 0.766. The van der Waals surface area contributed by atoms with Crippen LogP contribution in [-0.4, -0.2) is 49.2 Å². The Balaban J connectivity index is 1.65. The van der Waals surface area contributed by atoms with Gasteiger partial charge in [0.15, 0.2) is 0 Å². The molecule has 1 aliphatic heterocycles. The SMILES string of the molecule is COc1ccc(OC2CCN(S(=O)(=O)c3cccs3)C2)nn1. The average Bonchev–Trinajstić information content (AvgIpc) is 3.20. The van der Waals surface area contributed by atoms with E-state index < -0.39 is 10.0 Å². The van der Waals surface area contributed by atoms with E-state index in [9.17, 15) is 8.42 Å². The number of thiophene rings is 1. The van der Waals surface area contributed by atoms with Gasteiger partial charge in [-0.15, -0.1) is 21.5 Å². The van der Waals surface area contributed by atoms with Crippen molar-refractivity contribution < 1.29 is 17.9 Å². The molecule has 22 heavy (non-hydrogen) atoms. The first kappa shape index (κ1) is 15.2. The van der Waals surface area contributed by atoms with Crippen LogP contribution >= 0.6 is 11.3 Å². The topological polar surface area (TPSA) is 81.6 Å². The predicted molar refractivity (Wildman–Crippen MR) is 80.7 cm³/mol. The molecule has 0 aliphatic carbocycles. The first-order valence-corrected chi connectivity index (χ1v) is 8.99. The van der Waals surface area contributed by atoms with Crippen LogP contribution in [0, 0.1) is 0 Å². The summed E-state index contributed by atoms with van der Waals surface area (Å²) < 4.78 is 37.2. The normalized spacial score (nSPS) is 19.2. The number of methoxy groups -OCH3 is 1. The van der Waals surface area contributed by atoms with Gasteiger partial charge in [-0.1, -0.05) is 6.07 Å². The lowest BCUT2D eigenvalue weighted by Crippen LogP contribution is -2.30. The van der Waals surface area contributed by atoms with Gasteiger partial charge in [0.05, 0.1) is 13.7 Å². The van der Waals surface area contributed by atoms with E-state index in [0.717, 1.165) is 0 Å². The molecule has 1 unspecified atom stereocenters. The molecule has 1 fully saturated rings. The lowest BCUT2D eigenvalue weighted by Gasteiger charge is -2.15. The molecule has 0 amide bonds. The quantitative estimate of drug-likeness (QED) is 0.817. The van der Waals surface area contributed by atoms with Crippen molar-refractivity contribution in [1.82, 2.24) is 14.5 Å². The molecule has 0 spiro atoms. The van der Waals surface area contributed by atoms with E-state index in [1.807, 2.05) is 0 Å². The first-order chi connectivity index (χ1) is 10.6. The van der Waals surface area contributed by atoms with Gasteiger partial charge in [-0.2, -0.15) is 4.31 Å². The van der Waals surface area contributed by atoms with E-state index >= 15 is 0 Å². The largest absolute Gasteiger partial charge is 0.480 e.